The molecule has 1 unspecified atom stereocenters. The fourth-order valence-corrected chi connectivity index (χ4v) is 2.63. The summed E-state index contributed by atoms with van der Waals surface area (Å²) in [5.74, 6) is 0.169. The van der Waals surface area contributed by atoms with E-state index in [4.69, 9.17) is 0 Å². The van der Waals surface area contributed by atoms with Crippen molar-refractivity contribution in [3.8, 4) is 0 Å². The lowest BCUT2D eigenvalue weighted by Crippen LogP contribution is -2.34. The average Bonchev–Trinajstić information content (AvgIpc) is 2.54. The molecule has 98 valence electrons. The second kappa shape index (κ2) is 6.01. The van der Waals surface area contributed by atoms with E-state index in [-0.39, 0.29) is 5.91 Å². The Bertz CT molecular complexity index is 417. The van der Waals surface area contributed by atoms with Crippen LogP contribution in [-0.4, -0.2) is 18.5 Å². The summed E-state index contributed by atoms with van der Waals surface area (Å²) in [5.41, 5.74) is 2.62. The first-order valence-electron chi connectivity index (χ1n) is 6.75. The molecule has 0 radical (unpaired) electrons. The van der Waals surface area contributed by atoms with Gasteiger partial charge in [-0.3, -0.25) is 4.79 Å². The van der Waals surface area contributed by atoms with Crippen LogP contribution in [0.5, 0.6) is 0 Å². The molecule has 1 heterocycles. The Morgan fingerprint density at radius 3 is 2.94 bits per heavy atom. The lowest BCUT2D eigenvalue weighted by molar-refractivity contribution is -0.121. The number of benzene rings is 1. The minimum absolute atomic E-state index is 0.169. The van der Waals surface area contributed by atoms with Crippen molar-refractivity contribution in [3.63, 3.8) is 0 Å². The normalized spacial score (nSPS) is 22.1. The Kier molecular flexibility index (Phi) is 4.37. The zero-order valence-electron chi connectivity index (χ0n) is 11.2. The van der Waals surface area contributed by atoms with E-state index < -0.39 is 0 Å². The summed E-state index contributed by atoms with van der Waals surface area (Å²) in [7, 11) is 0. The van der Waals surface area contributed by atoms with E-state index >= 15 is 0 Å². The molecule has 0 bridgehead atoms. The molecule has 2 rings (SSSR count). The number of carbonyl (C=O) groups is 1. The molecule has 0 saturated carbocycles. The summed E-state index contributed by atoms with van der Waals surface area (Å²) >= 11 is 0. The van der Waals surface area contributed by atoms with E-state index in [1.807, 2.05) is 0 Å². The van der Waals surface area contributed by atoms with Gasteiger partial charge in [-0.25, -0.2) is 0 Å². The number of aryl methyl sites for hydroxylation is 1. The van der Waals surface area contributed by atoms with Gasteiger partial charge >= 0.3 is 0 Å². The number of hydrogen-bond acceptors (Lipinski definition) is 2. The molecule has 1 fully saturated rings. The smallest absolute Gasteiger partial charge is 0.221 e. The number of nitrogens with one attached hydrogen (secondary N) is 2. The molecule has 3 heteroatoms. The van der Waals surface area contributed by atoms with E-state index in [2.05, 4.69) is 48.7 Å². The highest BCUT2D eigenvalue weighted by Gasteiger charge is 2.19. The zero-order chi connectivity index (χ0) is 13.0. The lowest BCUT2D eigenvalue weighted by Gasteiger charge is -2.22. The predicted octanol–water partition coefficient (Wildman–Crippen LogP) is 2.31. The SMILES string of the molecule is Cc1ccccc1[C@H](C)NC1CCCNC(=O)C1. The van der Waals surface area contributed by atoms with Gasteiger partial charge < -0.3 is 10.6 Å². The molecule has 1 aromatic carbocycles. The van der Waals surface area contributed by atoms with Crippen molar-refractivity contribution in [1.82, 2.24) is 10.6 Å². The van der Waals surface area contributed by atoms with Crippen LogP contribution < -0.4 is 10.6 Å². The largest absolute Gasteiger partial charge is 0.356 e. The summed E-state index contributed by atoms with van der Waals surface area (Å²) in [5, 5.41) is 6.51. The van der Waals surface area contributed by atoms with Crippen LogP contribution in [0.1, 0.15) is 43.4 Å². The number of hydrogen-bond donors (Lipinski definition) is 2. The van der Waals surface area contributed by atoms with Crippen LogP contribution in [0.15, 0.2) is 24.3 Å². The molecule has 0 aliphatic carbocycles. The van der Waals surface area contributed by atoms with Crippen molar-refractivity contribution >= 4 is 5.91 Å². The van der Waals surface area contributed by atoms with Crippen LogP contribution >= 0.6 is 0 Å². The van der Waals surface area contributed by atoms with Gasteiger partial charge in [-0.05, 0) is 37.8 Å². The van der Waals surface area contributed by atoms with Crippen LogP contribution in [-0.2, 0) is 4.79 Å². The maximum atomic E-state index is 11.5. The summed E-state index contributed by atoms with van der Waals surface area (Å²) in [6.07, 6.45) is 2.72. The van der Waals surface area contributed by atoms with Gasteiger partial charge in [-0.15, -0.1) is 0 Å². The molecule has 1 aromatic rings. The molecule has 3 nitrogen and oxygen atoms in total. The van der Waals surface area contributed by atoms with Crippen molar-refractivity contribution in [2.45, 2.75) is 45.2 Å². The van der Waals surface area contributed by atoms with Crippen molar-refractivity contribution in [1.29, 1.82) is 0 Å². The van der Waals surface area contributed by atoms with Crippen molar-refractivity contribution < 1.29 is 4.79 Å². The van der Waals surface area contributed by atoms with Crippen LogP contribution in [0.25, 0.3) is 0 Å². The molecule has 1 aliphatic heterocycles. The molecule has 2 N–H and O–H groups in total. The monoisotopic (exact) mass is 246 g/mol. The Morgan fingerprint density at radius 2 is 2.17 bits per heavy atom. The number of amides is 1. The van der Waals surface area contributed by atoms with Crippen LogP contribution in [0.3, 0.4) is 0 Å². The van der Waals surface area contributed by atoms with Crippen molar-refractivity contribution in [2.75, 3.05) is 6.54 Å². The maximum absolute atomic E-state index is 11.5. The minimum atomic E-state index is 0.169. The van der Waals surface area contributed by atoms with E-state index in [0.717, 1.165) is 19.4 Å². The van der Waals surface area contributed by atoms with Gasteiger partial charge in [0.1, 0.15) is 0 Å². The highest BCUT2D eigenvalue weighted by atomic mass is 16.1. The second-order valence-electron chi connectivity index (χ2n) is 5.14. The van der Waals surface area contributed by atoms with Gasteiger partial charge in [0, 0.05) is 25.0 Å². The van der Waals surface area contributed by atoms with E-state index in [9.17, 15) is 4.79 Å². The van der Waals surface area contributed by atoms with Gasteiger partial charge in [0.25, 0.3) is 0 Å². The summed E-state index contributed by atoms with van der Waals surface area (Å²) < 4.78 is 0. The summed E-state index contributed by atoms with van der Waals surface area (Å²) in [6.45, 7) is 5.12. The quantitative estimate of drug-likeness (QED) is 0.859. The van der Waals surface area contributed by atoms with Crippen LogP contribution in [0.4, 0.5) is 0 Å². The number of carbonyl (C=O) groups excluding carboxylic acids is 1. The topological polar surface area (TPSA) is 41.1 Å². The average molecular weight is 246 g/mol. The van der Waals surface area contributed by atoms with Gasteiger partial charge in [-0.2, -0.15) is 0 Å². The highest BCUT2D eigenvalue weighted by Crippen LogP contribution is 2.19. The molecule has 0 spiro atoms. The van der Waals surface area contributed by atoms with E-state index in [1.54, 1.807) is 0 Å². The Balaban J connectivity index is 2.00. The maximum Gasteiger partial charge on any atom is 0.221 e. The third-order valence-corrected chi connectivity index (χ3v) is 3.62. The van der Waals surface area contributed by atoms with Crippen LogP contribution in [0.2, 0.25) is 0 Å². The first-order chi connectivity index (χ1) is 8.66. The molecule has 0 aromatic heterocycles. The van der Waals surface area contributed by atoms with Gasteiger partial charge in [-0.1, -0.05) is 24.3 Å². The standard InChI is InChI=1S/C15H22N2O/c1-11-6-3-4-8-14(11)12(2)17-13-7-5-9-16-15(18)10-13/h3-4,6,8,12-13,17H,5,7,9-10H2,1-2H3,(H,16,18)/t12-,13?/m0/s1. The predicted molar refractivity (Wildman–Crippen MR) is 73.4 cm³/mol. The summed E-state index contributed by atoms with van der Waals surface area (Å²) in [6, 6.07) is 9.01. The van der Waals surface area contributed by atoms with E-state index in [1.165, 1.54) is 11.1 Å². The first-order valence-corrected chi connectivity index (χ1v) is 6.75. The first kappa shape index (κ1) is 13.1. The third kappa shape index (κ3) is 3.33. The second-order valence-corrected chi connectivity index (χ2v) is 5.14. The molecule has 2 atom stereocenters. The fourth-order valence-electron chi connectivity index (χ4n) is 2.63. The van der Waals surface area contributed by atoms with Crippen molar-refractivity contribution in [3.05, 3.63) is 35.4 Å². The zero-order valence-corrected chi connectivity index (χ0v) is 11.2. The summed E-state index contributed by atoms with van der Waals surface area (Å²) in [4.78, 5) is 11.5. The van der Waals surface area contributed by atoms with E-state index in [0.29, 0.717) is 18.5 Å². The Hall–Kier alpha value is -1.35. The third-order valence-electron chi connectivity index (χ3n) is 3.62. The molecule has 18 heavy (non-hydrogen) atoms. The van der Waals surface area contributed by atoms with Crippen molar-refractivity contribution in [2.24, 2.45) is 0 Å². The Labute approximate surface area is 109 Å². The van der Waals surface area contributed by atoms with Gasteiger partial charge in [0.15, 0.2) is 0 Å². The Morgan fingerprint density at radius 1 is 1.39 bits per heavy atom. The van der Waals surface area contributed by atoms with Gasteiger partial charge in [0.05, 0.1) is 0 Å². The lowest BCUT2D eigenvalue weighted by atomic mass is 10.0. The molecular formula is C15H22N2O. The van der Waals surface area contributed by atoms with Gasteiger partial charge in [0.2, 0.25) is 5.91 Å². The van der Waals surface area contributed by atoms with Crippen LogP contribution in [0, 0.1) is 6.92 Å². The minimum Gasteiger partial charge on any atom is -0.356 e. The highest BCUT2D eigenvalue weighted by molar-refractivity contribution is 5.76. The molecule has 1 amide bonds. The molecular weight excluding hydrogens is 224 g/mol. The molecule has 1 aliphatic rings. The number of rotatable bonds is 3. The molecule has 1 saturated heterocycles. The fraction of sp³-hybridized carbons (Fsp3) is 0.533.